The first-order valence-corrected chi connectivity index (χ1v) is 7.54. The zero-order valence-electron chi connectivity index (χ0n) is 13.4. The minimum atomic E-state index is -0.122. The molecule has 0 aliphatic heterocycles. The SMILES string of the molecule is C=CCN(CC=C)C(=O)COc1ccc(Oc2ccccn2)cc1. The Labute approximate surface area is 141 Å². The van der Waals surface area contributed by atoms with Crippen LogP contribution in [0, 0.1) is 0 Å². The molecule has 0 fully saturated rings. The predicted octanol–water partition coefficient (Wildman–Crippen LogP) is 3.45. The third-order valence-electron chi connectivity index (χ3n) is 3.10. The lowest BCUT2D eigenvalue weighted by atomic mass is 10.3. The van der Waals surface area contributed by atoms with Crippen molar-refractivity contribution in [3.63, 3.8) is 0 Å². The van der Waals surface area contributed by atoms with Crippen molar-refractivity contribution in [3.8, 4) is 17.4 Å². The van der Waals surface area contributed by atoms with Crippen molar-refractivity contribution in [2.24, 2.45) is 0 Å². The maximum atomic E-state index is 12.1. The molecule has 2 rings (SSSR count). The quantitative estimate of drug-likeness (QED) is 0.663. The fraction of sp³-hybridized carbons (Fsp3) is 0.158. The monoisotopic (exact) mass is 324 g/mol. The van der Waals surface area contributed by atoms with Crippen LogP contribution in [-0.2, 0) is 4.79 Å². The lowest BCUT2D eigenvalue weighted by Crippen LogP contribution is -2.35. The number of nitrogens with zero attached hydrogens (tertiary/aromatic N) is 2. The molecular weight excluding hydrogens is 304 g/mol. The summed E-state index contributed by atoms with van der Waals surface area (Å²) in [6.07, 6.45) is 5.01. The van der Waals surface area contributed by atoms with E-state index in [-0.39, 0.29) is 12.5 Å². The van der Waals surface area contributed by atoms with Crippen LogP contribution in [0.1, 0.15) is 0 Å². The Morgan fingerprint density at radius 1 is 1.04 bits per heavy atom. The summed E-state index contributed by atoms with van der Waals surface area (Å²) in [7, 11) is 0. The summed E-state index contributed by atoms with van der Waals surface area (Å²) in [5.74, 6) is 1.63. The molecule has 0 bridgehead atoms. The zero-order valence-corrected chi connectivity index (χ0v) is 13.4. The standard InChI is InChI=1S/C19H20N2O3/c1-3-13-21(14-4-2)19(22)15-23-16-8-10-17(11-9-16)24-18-7-5-6-12-20-18/h3-12H,1-2,13-15H2. The highest BCUT2D eigenvalue weighted by Gasteiger charge is 2.11. The highest BCUT2D eigenvalue weighted by molar-refractivity contribution is 5.78. The zero-order chi connectivity index (χ0) is 17.2. The molecule has 2 aromatic rings. The van der Waals surface area contributed by atoms with Crippen molar-refractivity contribution in [2.45, 2.75) is 0 Å². The van der Waals surface area contributed by atoms with Gasteiger partial charge in [0.1, 0.15) is 11.5 Å². The van der Waals surface area contributed by atoms with Gasteiger partial charge in [0.05, 0.1) is 0 Å². The molecular formula is C19H20N2O3. The van der Waals surface area contributed by atoms with Crippen LogP contribution in [0.25, 0.3) is 0 Å². The number of rotatable bonds is 9. The Morgan fingerprint density at radius 3 is 2.29 bits per heavy atom. The number of carbonyl (C=O) groups excluding carboxylic acids is 1. The van der Waals surface area contributed by atoms with E-state index in [0.717, 1.165) is 0 Å². The minimum Gasteiger partial charge on any atom is -0.484 e. The Balaban J connectivity index is 1.88. The number of aromatic nitrogens is 1. The van der Waals surface area contributed by atoms with Crippen LogP contribution >= 0.6 is 0 Å². The van der Waals surface area contributed by atoms with Crippen molar-refractivity contribution < 1.29 is 14.3 Å². The topological polar surface area (TPSA) is 51.7 Å². The van der Waals surface area contributed by atoms with Crippen molar-refractivity contribution in [2.75, 3.05) is 19.7 Å². The van der Waals surface area contributed by atoms with E-state index in [1.807, 2.05) is 12.1 Å². The Kier molecular flexibility index (Phi) is 6.58. The van der Waals surface area contributed by atoms with E-state index in [4.69, 9.17) is 9.47 Å². The predicted molar refractivity (Wildman–Crippen MR) is 93.2 cm³/mol. The molecule has 124 valence electrons. The molecule has 0 aliphatic carbocycles. The molecule has 0 N–H and O–H groups in total. The largest absolute Gasteiger partial charge is 0.484 e. The van der Waals surface area contributed by atoms with E-state index in [0.29, 0.717) is 30.5 Å². The average molecular weight is 324 g/mol. The number of benzene rings is 1. The van der Waals surface area contributed by atoms with Gasteiger partial charge in [0.25, 0.3) is 5.91 Å². The van der Waals surface area contributed by atoms with E-state index < -0.39 is 0 Å². The molecule has 24 heavy (non-hydrogen) atoms. The van der Waals surface area contributed by atoms with Crippen LogP contribution in [0.15, 0.2) is 74.0 Å². The normalized spacial score (nSPS) is 9.83. The summed E-state index contributed by atoms with van der Waals surface area (Å²) in [6, 6.07) is 12.5. The van der Waals surface area contributed by atoms with Gasteiger partial charge < -0.3 is 14.4 Å². The second kappa shape index (κ2) is 9.15. The van der Waals surface area contributed by atoms with Gasteiger partial charge in [-0.25, -0.2) is 4.98 Å². The maximum Gasteiger partial charge on any atom is 0.261 e. The van der Waals surface area contributed by atoms with Gasteiger partial charge in [-0.15, -0.1) is 13.2 Å². The van der Waals surface area contributed by atoms with Crippen LogP contribution in [0.4, 0.5) is 0 Å². The molecule has 1 aromatic carbocycles. The molecule has 1 aromatic heterocycles. The molecule has 0 radical (unpaired) electrons. The summed E-state index contributed by atoms with van der Waals surface area (Å²) in [6.45, 7) is 8.17. The van der Waals surface area contributed by atoms with E-state index in [1.165, 1.54) is 0 Å². The lowest BCUT2D eigenvalue weighted by molar-refractivity contribution is -0.132. The van der Waals surface area contributed by atoms with E-state index in [1.54, 1.807) is 53.6 Å². The molecule has 0 unspecified atom stereocenters. The van der Waals surface area contributed by atoms with Crippen molar-refractivity contribution in [1.29, 1.82) is 0 Å². The first-order chi connectivity index (χ1) is 11.7. The number of carbonyl (C=O) groups is 1. The van der Waals surface area contributed by atoms with Gasteiger partial charge in [0.2, 0.25) is 5.88 Å². The summed E-state index contributed by atoms with van der Waals surface area (Å²) in [5, 5.41) is 0. The number of ether oxygens (including phenoxy) is 2. The van der Waals surface area contributed by atoms with Crippen molar-refractivity contribution >= 4 is 5.91 Å². The molecule has 1 heterocycles. The van der Waals surface area contributed by atoms with E-state index >= 15 is 0 Å². The Bertz CT molecular complexity index is 659. The summed E-state index contributed by atoms with van der Waals surface area (Å²) >= 11 is 0. The molecule has 0 spiro atoms. The van der Waals surface area contributed by atoms with Crippen LogP contribution in [0.3, 0.4) is 0 Å². The van der Waals surface area contributed by atoms with Gasteiger partial charge in [-0.3, -0.25) is 4.79 Å². The summed E-state index contributed by atoms with van der Waals surface area (Å²) in [5.41, 5.74) is 0. The number of pyridine rings is 1. The molecule has 5 nitrogen and oxygen atoms in total. The first-order valence-electron chi connectivity index (χ1n) is 7.54. The van der Waals surface area contributed by atoms with Gasteiger partial charge in [0.15, 0.2) is 6.61 Å². The molecule has 1 amide bonds. The highest BCUT2D eigenvalue weighted by Crippen LogP contribution is 2.22. The van der Waals surface area contributed by atoms with Gasteiger partial charge in [-0.2, -0.15) is 0 Å². The smallest absolute Gasteiger partial charge is 0.261 e. The number of amides is 1. The Morgan fingerprint density at radius 2 is 1.71 bits per heavy atom. The Hall–Kier alpha value is -3.08. The van der Waals surface area contributed by atoms with Crippen LogP contribution < -0.4 is 9.47 Å². The third-order valence-corrected chi connectivity index (χ3v) is 3.10. The molecule has 0 saturated heterocycles. The first kappa shape index (κ1) is 17.3. The van der Waals surface area contributed by atoms with E-state index in [9.17, 15) is 4.79 Å². The van der Waals surface area contributed by atoms with Crippen LogP contribution in [0.5, 0.6) is 17.4 Å². The van der Waals surface area contributed by atoms with Crippen LogP contribution in [-0.4, -0.2) is 35.5 Å². The van der Waals surface area contributed by atoms with Crippen molar-refractivity contribution in [3.05, 3.63) is 74.0 Å². The molecule has 0 aliphatic rings. The van der Waals surface area contributed by atoms with Crippen molar-refractivity contribution in [1.82, 2.24) is 9.88 Å². The second-order valence-corrected chi connectivity index (χ2v) is 4.91. The highest BCUT2D eigenvalue weighted by atomic mass is 16.5. The minimum absolute atomic E-state index is 0.0396. The average Bonchev–Trinajstić information content (AvgIpc) is 2.61. The maximum absolute atomic E-state index is 12.1. The summed E-state index contributed by atoms with van der Waals surface area (Å²) < 4.78 is 11.1. The fourth-order valence-electron chi connectivity index (χ4n) is 1.96. The third kappa shape index (κ3) is 5.28. The van der Waals surface area contributed by atoms with Gasteiger partial charge in [-0.05, 0) is 30.3 Å². The van der Waals surface area contributed by atoms with Gasteiger partial charge in [0, 0.05) is 25.4 Å². The van der Waals surface area contributed by atoms with Gasteiger partial charge >= 0.3 is 0 Å². The fourth-order valence-corrected chi connectivity index (χ4v) is 1.96. The van der Waals surface area contributed by atoms with Gasteiger partial charge in [-0.1, -0.05) is 18.2 Å². The van der Waals surface area contributed by atoms with Crippen LogP contribution in [0.2, 0.25) is 0 Å². The lowest BCUT2D eigenvalue weighted by Gasteiger charge is -2.19. The molecule has 5 heteroatoms. The molecule has 0 atom stereocenters. The summed E-state index contributed by atoms with van der Waals surface area (Å²) in [4.78, 5) is 17.8. The number of hydrogen-bond donors (Lipinski definition) is 0. The molecule has 0 saturated carbocycles. The number of hydrogen-bond acceptors (Lipinski definition) is 4. The van der Waals surface area contributed by atoms with E-state index in [2.05, 4.69) is 18.1 Å². The second-order valence-electron chi connectivity index (χ2n) is 4.91.